The average molecular weight is 263 g/mol. The van der Waals surface area contributed by atoms with E-state index in [9.17, 15) is 0 Å². The van der Waals surface area contributed by atoms with E-state index in [0.717, 1.165) is 24.3 Å². The molecule has 1 saturated carbocycles. The summed E-state index contributed by atoms with van der Waals surface area (Å²) in [6.07, 6.45) is 2.55. The first-order valence-corrected chi connectivity index (χ1v) is 6.92. The lowest BCUT2D eigenvalue weighted by molar-refractivity contribution is 0.0328. The van der Waals surface area contributed by atoms with Crippen LogP contribution in [0.5, 0.6) is 5.75 Å². The van der Waals surface area contributed by atoms with Crippen LogP contribution in [0.15, 0.2) is 18.2 Å². The SMILES string of the molecule is COc1ccc(C(C)(C)C)cc1NC1CC(OC)C1. The third-order valence-electron chi connectivity index (χ3n) is 3.85. The van der Waals surface area contributed by atoms with Gasteiger partial charge in [0, 0.05) is 13.2 Å². The molecule has 1 N–H and O–H groups in total. The van der Waals surface area contributed by atoms with Crippen molar-refractivity contribution in [2.75, 3.05) is 19.5 Å². The van der Waals surface area contributed by atoms with Crippen molar-refractivity contribution in [3.05, 3.63) is 23.8 Å². The van der Waals surface area contributed by atoms with E-state index in [2.05, 4.69) is 44.3 Å². The first-order valence-electron chi connectivity index (χ1n) is 6.92. The Labute approximate surface area is 116 Å². The van der Waals surface area contributed by atoms with Crippen molar-refractivity contribution in [3.8, 4) is 5.75 Å². The number of methoxy groups -OCH3 is 2. The Morgan fingerprint density at radius 3 is 2.37 bits per heavy atom. The van der Waals surface area contributed by atoms with Crippen molar-refractivity contribution in [1.82, 2.24) is 0 Å². The number of benzene rings is 1. The van der Waals surface area contributed by atoms with Crippen LogP contribution >= 0.6 is 0 Å². The molecule has 0 amide bonds. The van der Waals surface area contributed by atoms with Gasteiger partial charge in [-0.25, -0.2) is 0 Å². The van der Waals surface area contributed by atoms with Crippen LogP contribution in [0.3, 0.4) is 0 Å². The standard InChI is InChI=1S/C16H25NO2/c1-16(2,3)11-6-7-15(19-5)14(8-11)17-12-9-13(10-12)18-4/h6-8,12-13,17H,9-10H2,1-5H3. The monoisotopic (exact) mass is 263 g/mol. The van der Waals surface area contributed by atoms with E-state index in [1.165, 1.54) is 5.56 Å². The Morgan fingerprint density at radius 2 is 1.84 bits per heavy atom. The molecule has 3 nitrogen and oxygen atoms in total. The number of ether oxygens (including phenoxy) is 2. The van der Waals surface area contributed by atoms with Gasteiger partial charge in [-0.05, 0) is 36.0 Å². The summed E-state index contributed by atoms with van der Waals surface area (Å²) in [7, 11) is 3.50. The van der Waals surface area contributed by atoms with Crippen LogP contribution in [0, 0.1) is 0 Å². The highest BCUT2D eigenvalue weighted by Crippen LogP contribution is 2.34. The summed E-state index contributed by atoms with van der Waals surface area (Å²) in [5.41, 5.74) is 2.56. The van der Waals surface area contributed by atoms with Crippen LogP contribution in [0.25, 0.3) is 0 Å². The number of rotatable bonds is 4. The summed E-state index contributed by atoms with van der Waals surface area (Å²) in [6, 6.07) is 6.89. The Hall–Kier alpha value is -1.22. The fraction of sp³-hybridized carbons (Fsp3) is 0.625. The van der Waals surface area contributed by atoms with Gasteiger partial charge in [-0.2, -0.15) is 0 Å². The topological polar surface area (TPSA) is 30.5 Å². The van der Waals surface area contributed by atoms with Crippen molar-refractivity contribution in [2.45, 2.75) is 51.2 Å². The molecule has 1 aromatic carbocycles. The van der Waals surface area contributed by atoms with E-state index in [0.29, 0.717) is 12.1 Å². The summed E-state index contributed by atoms with van der Waals surface area (Å²) >= 11 is 0. The minimum Gasteiger partial charge on any atom is -0.495 e. The first-order chi connectivity index (χ1) is 8.94. The normalized spacial score (nSPS) is 22.8. The minimum atomic E-state index is 0.150. The summed E-state index contributed by atoms with van der Waals surface area (Å²) in [5, 5.41) is 3.57. The second-order valence-corrected chi connectivity index (χ2v) is 6.34. The van der Waals surface area contributed by atoms with Crippen molar-refractivity contribution < 1.29 is 9.47 Å². The van der Waals surface area contributed by atoms with Gasteiger partial charge >= 0.3 is 0 Å². The second-order valence-electron chi connectivity index (χ2n) is 6.34. The fourth-order valence-electron chi connectivity index (χ4n) is 2.38. The Bertz CT molecular complexity index is 431. The summed E-state index contributed by atoms with van der Waals surface area (Å²) in [5.74, 6) is 0.911. The van der Waals surface area contributed by atoms with Gasteiger partial charge in [-0.1, -0.05) is 26.8 Å². The van der Waals surface area contributed by atoms with Gasteiger partial charge in [0.15, 0.2) is 0 Å². The number of anilines is 1. The maximum atomic E-state index is 5.44. The quantitative estimate of drug-likeness (QED) is 0.900. The minimum absolute atomic E-state index is 0.150. The zero-order valence-corrected chi connectivity index (χ0v) is 12.6. The Morgan fingerprint density at radius 1 is 1.16 bits per heavy atom. The molecule has 0 unspecified atom stereocenters. The third-order valence-corrected chi connectivity index (χ3v) is 3.85. The molecule has 0 spiro atoms. The lowest BCUT2D eigenvalue weighted by atomic mass is 9.86. The first kappa shape index (κ1) is 14.2. The molecule has 1 fully saturated rings. The molecular formula is C16H25NO2. The Balaban J connectivity index is 2.13. The van der Waals surface area contributed by atoms with Gasteiger partial charge in [0.05, 0.1) is 18.9 Å². The van der Waals surface area contributed by atoms with Crippen LogP contribution in [-0.2, 0) is 10.2 Å². The van der Waals surface area contributed by atoms with Gasteiger partial charge in [0.1, 0.15) is 5.75 Å². The zero-order chi connectivity index (χ0) is 14.0. The summed E-state index contributed by atoms with van der Waals surface area (Å²) in [6.45, 7) is 6.68. The average Bonchev–Trinajstić information content (AvgIpc) is 2.31. The molecule has 19 heavy (non-hydrogen) atoms. The van der Waals surface area contributed by atoms with Crippen LogP contribution in [-0.4, -0.2) is 26.4 Å². The fourth-order valence-corrected chi connectivity index (χ4v) is 2.38. The van der Waals surface area contributed by atoms with Crippen LogP contribution in [0.2, 0.25) is 0 Å². The number of nitrogens with one attached hydrogen (secondary N) is 1. The number of hydrogen-bond acceptors (Lipinski definition) is 3. The largest absolute Gasteiger partial charge is 0.495 e. The molecule has 1 aromatic rings. The van der Waals surface area contributed by atoms with Crippen molar-refractivity contribution in [2.24, 2.45) is 0 Å². The molecule has 0 aromatic heterocycles. The van der Waals surface area contributed by atoms with Crippen molar-refractivity contribution in [3.63, 3.8) is 0 Å². The maximum Gasteiger partial charge on any atom is 0.141 e. The van der Waals surface area contributed by atoms with E-state index in [1.807, 2.05) is 0 Å². The lowest BCUT2D eigenvalue weighted by Gasteiger charge is -2.36. The molecule has 0 atom stereocenters. The van der Waals surface area contributed by atoms with Crippen LogP contribution in [0.4, 0.5) is 5.69 Å². The van der Waals surface area contributed by atoms with Crippen molar-refractivity contribution >= 4 is 5.69 Å². The van der Waals surface area contributed by atoms with Gasteiger partial charge in [-0.15, -0.1) is 0 Å². The van der Waals surface area contributed by atoms with Crippen molar-refractivity contribution in [1.29, 1.82) is 0 Å². The predicted octanol–water partition coefficient (Wildman–Crippen LogP) is 3.58. The van der Waals surface area contributed by atoms with Gasteiger partial charge in [-0.3, -0.25) is 0 Å². The highest BCUT2D eigenvalue weighted by Gasteiger charge is 2.29. The molecule has 0 radical (unpaired) electrons. The highest BCUT2D eigenvalue weighted by atomic mass is 16.5. The molecular weight excluding hydrogens is 238 g/mol. The maximum absolute atomic E-state index is 5.44. The van der Waals surface area contributed by atoms with E-state index in [-0.39, 0.29) is 5.41 Å². The van der Waals surface area contributed by atoms with E-state index < -0.39 is 0 Å². The molecule has 3 heteroatoms. The molecule has 0 aliphatic heterocycles. The van der Waals surface area contributed by atoms with Gasteiger partial charge in [0.25, 0.3) is 0 Å². The van der Waals surface area contributed by atoms with E-state index in [4.69, 9.17) is 9.47 Å². The summed E-state index contributed by atoms with van der Waals surface area (Å²) in [4.78, 5) is 0. The van der Waals surface area contributed by atoms with E-state index in [1.54, 1.807) is 14.2 Å². The third kappa shape index (κ3) is 3.21. The van der Waals surface area contributed by atoms with Crippen LogP contribution < -0.4 is 10.1 Å². The second kappa shape index (κ2) is 5.41. The molecule has 1 aliphatic rings. The number of hydrogen-bond donors (Lipinski definition) is 1. The summed E-state index contributed by atoms with van der Waals surface area (Å²) < 4.78 is 10.8. The molecule has 0 saturated heterocycles. The van der Waals surface area contributed by atoms with Gasteiger partial charge < -0.3 is 14.8 Å². The molecule has 2 rings (SSSR count). The predicted molar refractivity (Wildman–Crippen MR) is 79.1 cm³/mol. The molecule has 0 heterocycles. The lowest BCUT2D eigenvalue weighted by Crippen LogP contribution is -2.40. The highest BCUT2D eigenvalue weighted by molar-refractivity contribution is 5.59. The molecule has 106 valence electrons. The molecule has 0 bridgehead atoms. The van der Waals surface area contributed by atoms with E-state index >= 15 is 0 Å². The smallest absolute Gasteiger partial charge is 0.141 e. The van der Waals surface area contributed by atoms with Crippen LogP contribution in [0.1, 0.15) is 39.2 Å². The Kier molecular flexibility index (Phi) is 4.04. The molecule has 1 aliphatic carbocycles. The zero-order valence-electron chi connectivity index (χ0n) is 12.6. The van der Waals surface area contributed by atoms with Gasteiger partial charge in [0.2, 0.25) is 0 Å².